The van der Waals surface area contributed by atoms with E-state index in [1.165, 1.54) is 7.11 Å². The van der Waals surface area contributed by atoms with Crippen LogP contribution in [0.1, 0.15) is 12.0 Å². The van der Waals surface area contributed by atoms with Gasteiger partial charge < -0.3 is 14.2 Å². The van der Waals surface area contributed by atoms with Gasteiger partial charge in [-0.3, -0.25) is 5.32 Å². The van der Waals surface area contributed by atoms with Crippen molar-refractivity contribution in [2.24, 2.45) is 11.8 Å². The van der Waals surface area contributed by atoms with E-state index < -0.39 is 12.1 Å². The molecule has 1 N–H and O–H groups in total. The van der Waals surface area contributed by atoms with Gasteiger partial charge in [-0.25, -0.2) is 9.59 Å². The van der Waals surface area contributed by atoms with E-state index in [2.05, 4.69) is 5.32 Å². The molecule has 122 valence electrons. The summed E-state index contributed by atoms with van der Waals surface area (Å²) in [7, 11) is 1.30. The number of carbonyl (C=O) groups excluding carboxylic acids is 2. The molecule has 0 aromatic heterocycles. The van der Waals surface area contributed by atoms with Gasteiger partial charge >= 0.3 is 12.1 Å². The van der Waals surface area contributed by atoms with Gasteiger partial charge in [0.25, 0.3) is 0 Å². The van der Waals surface area contributed by atoms with Crippen LogP contribution >= 0.6 is 0 Å². The molecule has 1 saturated carbocycles. The predicted octanol–water partition coefficient (Wildman–Crippen LogP) is 2.01. The van der Waals surface area contributed by atoms with Gasteiger partial charge in [-0.2, -0.15) is 0 Å². The second kappa shape index (κ2) is 6.83. The zero-order chi connectivity index (χ0) is 16.2. The number of hydrogen-bond acceptors (Lipinski definition) is 5. The Morgan fingerprint density at radius 3 is 2.52 bits per heavy atom. The van der Waals surface area contributed by atoms with Crippen LogP contribution in [0.15, 0.2) is 41.6 Å². The third kappa shape index (κ3) is 3.37. The van der Waals surface area contributed by atoms with E-state index in [-0.39, 0.29) is 24.1 Å². The molecule has 2 unspecified atom stereocenters. The van der Waals surface area contributed by atoms with Crippen molar-refractivity contribution >= 4 is 12.1 Å². The molecule has 2 fully saturated rings. The zero-order valence-corrected chi connectivity index (χ0v) is 12.9. The summed E-state index contributed by atoms with van der Waals surface area (Å²) in [5.41, 5.74) is 2.00. The summed E-state index contributed by atoms with van der Waals surface area (Å²) in [6.45, 7) is 1.30. The first-order valence-corrected chi connectivity index (χ1v) is 7.57. The number of methoxy groups -OCH3 is 1. The summed E-state index contributed by atoms with van der Waals surface area (Å²) in [6, 6.07) is 9.35. The highest BCUT2D eigenvalue weighted by molar-refractivity contribution is 5.93. The molecule has 6 nitrogen and oxygen atoms in total. The van der Waals surface area contributed by atoms with Gasteiger partial charge in [0.2, 0.25) is 0 Å². The van der Waals surface area contributed by atoms with E-state index in [0.717, 1.165) is 17.6 Å². The van der Waals surface area contributed by atoms with Gasteiger partial charge in [-0.15, -0.1) is 0 Å². The first kappa shape index (κ1) is 15.6. The Kier molecular flexibility index (Phi) is 4.62. The first-order chi connectivity index (χ1) is 11.2. The van der Waals surface area contributed by atoms with Crippen molar-refractivity contribution in [1.29, 1.82) is 0 Å². The lowest BCUT2D eigenvalue weighted by Crippen LogP contribution is -2.45. The maximum atomic E-state index is 12.0. The summed E-state index contributed by atoms with van der Waals surface area (Å²) >= 11 is 0. The second-order valence-corrected chi connectivity index (χ2v) is 5.68. The summed E-state index contributed by atoms with van der Waals surface area (Å²) in [6.07, 6.45) is 0.323. The smallest absolute Gasteiger partial charge is 0.412 e. The minimum absolute atomic E-state index is 0.145. The molecular weight excluding hydrogens is 298 g/mol. The third-order valence-electron chi connectivity index (χ3n) is 4.20. The lowest BCUT2D eigenvalue weighted by molar-refractivity contribution is -0.137. The van der Waals surface area contributed by atoms with Crippen LogP contribution in [0.4, 0.5) is 4.79 Å². The van der Waals surface area contributed by atoms with Crippen molar-refractivity contribution in [2.45, 2.75) is 13.0 Å². The number of amides is 1. The highest BCUT2D eigenvalue weighted by Crippen LogP contribution is 2.45. The number of ether oxygens (including phenoxy) is 3. The van der Waals surface area contributed by atoms with Crippen LogP contribution in [-0.2, 0) is 25.6 Å². The number of carbonyl (C=O) groups is 2. The fourth-order valence-corrected chi connectivity index (χ4v) is 3.05. The van der Waals surface area contributed by atoms with E-state index in [9.17, 15) is 9.59 Å². The Hall–Kier alpha value is -2.34. The molecule has 1 saturated heterocycles. The lowest BCUT2D eigenvalue weighted by atomic mass is 9.67. The first-order valence-electron chi connectivity index (χ1n) is 7.57. The van der Waals surface area contributed by atoms with Crippen molar-refractivity contribution in [1.82, 2.24) is 5.32 Å². The number of benzene rings is 1. The molecule has 2 atom stereocenters. The highest BCUT2D eigenvalue weighted by Gasteiger charge is 2.43. The normalized spacial score (nSPS) is 21.9. The zero-order valence-electron chi connectivity index (χ0n) is 12.9. The maximum Gasteiger partial charge on any atom is 0.412 e. The van der Waals surface area contributed by atoms with Crippen LogP contribution in [-0.4, -0.2) is 32.4 Å². The maximum absolute atomic E-state index is 12.0. The van der Waals surface area contributed by atoms with E-state index in [1.807, 2.05) is 30.3 Å². The Balaban J connectivity index is 1.66. The summed E-state index contributed by atoms with van der Waals surface area (Å²) in [4.78, 5) is 24.0. The van der Waals surface area contributed by atoms with Gasteiger partial charge in [-0.1, -0.05) is 30.3 Å². The molecule has 2 aliphatic rings. The number of alkyl carbamates (subject to hydrolysis) is 1. The molecule has 1 aromatic rings. The molecule has 3 rings (SSSR count). The average Bonchev–Trinajstić information content (AvgIpc) is 2.60. The molecule has 23 heavy (non-hydrogen) atoms. The number of esters is 1. The quantitative estimate of drug-likeness (QED) is 0.679. The van der Waals surface area contributed by atoms with Crippen LogP contribution in [0.2, 0.25) is 0 Å². The molecule has 6 heteroatoms. The minimum Gasteiger partial charge on any atom is -0.464 e. The average molecular weight is 317 g/mol. The third-order valence-corrected chi connectivity index (χ3v) is 4.20. The fourth-order valence-electron chi connectivity index (χ4n) is 3.05. The molecule has 0 radical (unpaired) electrons. The minimum atomic E-state index is -0.660. The van der Waals surface area contributed by atoms with Crippen LogP contribution in [0, 0.1) is 11.8 Å². The second-order valence-electron chi connectivity index (χ2n) is 5.68. The Morgan fingerprint density at radius 1 is 1.22 bits per heavy atom. The van der Waals surface area contributed by atoms with E-state index in [1.54, 1.807) is 0 Å². The van der Waals surface area contributed by atoms with Crippen LogP contribution in [0.5, 0.6) is 0 Å². The van der Waals surface area contributed by atoms with E-state index in [0.29, 0.717) is 13.2 Å². The topological polar surface area (TPSA) is 73.9 Å². The van der Waals surface area contributed by atoms with Crippen LogP contribution in [0.25, 0.3) is 0 Å². The van der Waals surface area contributed by atoms with Crippen molar-refractivity contribution in [3.63, 3.8) is 0 Å². The molecule has 1 amide bonds. The molecule has 1 aromatic carbocycles. The lowest BCUT2D eigenvalue weighted by Gasteiger charge is -2.44. The molecule has 1 heterocycles. The van der Waals surface area contributed by atoms with Gasteiger partial charge in [0.05, 0.1) is 20.3 Å². The number of hydrogen-bond donors (Lipinski definition) is 1. The highest BCUT2D eigenvalue weighted by atomic mass is 16.6. The molecule has 1 aliphatic heterocycles. The Bertz CT molecular complexity index is 609. The van der Waals surface area contributed by atoms with E-state index in [4.69, 9.17) is 14.2 Å². The van der Waals surface area contributed by atoms with Crippen molar-refractivity contribution in [3.05, 3.63) is 47.2 Å². The monoisotopic (exact) mass is 317 g/mol. The standard InChI is InChI=1S/C17H19NO5/c1-21-16(19)15(14-12-7-13(14)10-22-9-12)18-17(20)23-8-11-5-3-2-4-6-11/h2-6,12-13H,7-10H2,1H3,(H,18,20). The number of rotatable bonds is 4. The molecule has 2 bridgehead atoms. The van der Waals surface area contributed by atoms with Crippen molar-refractivity contribution in [2.75, 3.05) is 20.3 Å². The molecular formula is C17H19NO5. The predicted molar refractivity (Wildman–Crippen MR) is 81.2 cm³/mol. The molecule has 0 spiro atoms. The van der Waals surface area contributed by atoms with Gasteiger partial charge in [0.1, 0.15) is 12.3 Å². The molecule has 1 aliphatic carbocycles. The van der Waals surface area contributed by atoms with E-state index >= 15 is 0 Å². The van der Waals surface area contributed by atoms with Crippen LogP contribution < -0.4 is 5.32 Å². The SMILES string of the molecule is COC(=O)C(NC(=O)OCc1ccccc1)=C1C2COCC1C2. The number of fused-ring (bicyclic) bond motifs is 2. The van der Waals surface area contributed by atoms with Crippen molar-refractivity contribution < 1.29 is 23.8 Å². The van der Waals surface area contributed by atoms with Gasteiger partial charge in [-0.05, 0) is 17.6 Å². The fraction of sp³-hybridized carbons (Fsp3) is 0.412. The summed E-state index contributed by atoms with van der Waals surface area (Å²) in [5, 5.41) is 2.56. The Labute approximate surface area is 134 Å². The van der Waals surface area contributed by atoms with Crippen LogP contribution in [0.3, 0.4) is 0 Å². The van der Waals surface area contributed by atoms with Gasteiger partial charge in [0.15, 0.2) is 0 Å². The Morgan fingerprint density at radius 2 is 1.91 bits per heavy atom. The largest absolute Gasteiger partial charge is 0.464 e. The van der Waals surface area contributed by atoms with Crippen molar-refractivity contribution in [3.8, 4) is 0 Å². The summed E-state index contributed by atoms with van der Waals surface area (Å²) in [5.74, 6) is -0.192. The number of nitrogens with one attached hydrogen (secondary N) is 1. The van der Waals surface area contributed by atoms with Gasteiger partial charge in [0, 0.05) is 11.8 Å². The summed E-state index contributed by atoms with van der Waals surface area (Å²) < 4.78 is 15.4.